The molecule has 0 spiro atoms. The molecule has 1 aromatic carbocycles. The Bertz CT molecular complexity index is 754. The number of likely N-dealkylation sites (N-methyl/N-ethyl adjacent to an activating group) is 1. The van der Waals surface area contributed by atoms with Crippen molar-refractivity contribution in [2.75, 3.05) is 13.7 Å². The van der Waals surface area contributed by atoms with Crippen molar-refractivity contribution in [2.45, 2.75) is 33.7 Å². The first-order chi connectivity index (χ1) is 11.3. The van der Waals surface area contributed by atoms with Crippen LogP contribution in [0.4, 0.5) is 0 Å². The molecule has 6 heteroatoms. The number of amides is 1. The lowest BCUT2D eigenvalue weighted by atomic mass is 10.1. The number of thiazole rings is 1. The van der Waals surface area contributed by atoms with Gasteiger partial charge in [0.1, 0.15) is 5.75 Å². The maximum absolute atomic E-state index is 12.4. The highest BCUT2D eigenvalue weighted by Crippen LogP contribution is 2.28. The first kappa shape index (κ1) is 18.1. The van der Waals surface area contributed by atoms with Crippen LogP contribution < -0.4 is 4.74 Å². The number of hydrogen-bond acceptors (Lipinski definition) is 5. The van der Waals surface area contributed by atoms with Gasteiger partial charge < -0.3 is 9.64 Å². The third kappa shape index (κ3) is 4.20. The minimum absolute atomic E-state index is 0.0337. The molecular formula is C18H22N2O3S. The number of aromatic nitrogens is 1. The highest BCUT2D eigenvalue weighted by atomic mass is 32.1. The standard InChI is InChI=1S/C18H22N2O3S/c1-11-18(24-14(4)19-11)12(2)20(5)17(22)10-23-16-8-6-7-15(9-16)13(3)21/h6-9,12H,10H2,1-5H3/t12-/m0/s1. The Kier molecular flexibility index (Phi) is 5.72. The Labute approximate surface area is 146 Å². The van der Waals surface area contributed by atoms with E-state index >= 15 is 0 Å². The van der Waals surface area contributed by atoms with E-state index in [-0.39, 0.29) is 24.3 Å². The quantitative estimate of drug-likeness (QED) is 0.751. The fourth-order valence-corrected chi connectivity index (χ4v) is 3.40. The van der Waals surface area contributed by atoms with E-state index in [2.05, 4.69) is 4.98 Å². The molecule has 24 heavy (non-hydrogen) atoms. The van der Waals surface area contributed by atoms with E-state index in [1.807, 2.05) is 20.8 Å². The van der Waals surface area contributed by atoms with Crippen LogP contribution in [0.1, 0.15) is 45.8 Å². The minimum atomic E-state index is -0.124. The number of rotatable bonds is 6. The van der Waals surface area contributed by atoms with E-state index in [9.17, 15) is 9.59 Å². The molecular weight excluding hydrogens is 324 g/mol. The summed E-state index contributed by atoms with van der Waals surface area (Å²) in [4.78, 5) is 30.9. The molecule has 0 aliphatic heterocycles. The summed E-state index contributed by atoms with van der Waals surface area (Å²) < 4.78 is 5.55. The summed E-state index contributed by atoms with van der Waals surface area (Å²) in [7, 11) is 1.76. The van der Waals surface area contributed by atoms with Gasteiger partial charge in [-0.05, 0) is 39.8 Å². The van der Waals surface area contributed by atoms with E-state index in [1.54, 1.807) is 47.5 Å². The average Bonchev–Trinajstić information content (AvgIpc) is 2.89. The number of carbonyl (C=O) groups excluding carboxylic acids is 2. The number of nitrogens with zero attached hydrogens (tertiary/aromatic N) is 2. The molecule has 0 saturated heterocycles. The van der Waals surface area contributed by atoms with Gasteiger partial charge in [0, 0.05) is 17.5 Å². The van der Waals surface area contributed by atoms with Crippen LogP contribution in [0.5, 0.6) is 5.75 Å². The van der Waals surface area contributed by atoms with Gasteiger partial charge in [-0.25, -0.2) is 4.98 Å². The maximum atomic E-state index is 12.4. The molecule has 5 nitrogen and oxygen atoms in total. The van der Waals surface area contributed by atoms with Crippen LogP contribution in [0, 0.1) is 13.8 Å². The molecule has 1 amide bonds. The Morgan fingerprint density at radius 3 is 2.62 bits per heavy atom. The smallest absolute Gasteiger partial charge is 0.260 e. The number of benzene rings is 1. The largest absolute Gasteiger partial charge is 0.484 e. The minimum Gasteiger partial charge on any atom is -0.484 e. The third-order valence-electron chi connectivity index (χ3n) is 3.90. The number of carbonyl (C=O) groups is 2. The zero-order valence-electron chi connectivity index (χ0n) is 14.6. The number of aryl methyl sites for hydroxylation is 2. The van der Waals surface area contributed by atoms with E-state index in [0.29, 0.717) is 11.3 Å². The first-order valence-electron chi connectivity index (χ1n) is 7.73. The molecule has 0 bridgehead atoms. The summed E-state index contributed by atoms with van der Waals surface area (Å²) in [6.07, 6.45) is 0. The van der Waals surface area contributed by atoms with Crippen LogP contribution >= 0.6 is 11.3 Å². The molecule has 0 N–H and O–H groups in total. The van der Waals surface area contributed by atoms with Gasteiger partial charge in [-0.1, -0.05) is 12.1 Å². The Balaban J connectivity index is 2.00. The molecule has 0 aliphatic rings. The lowest BCUT2D eigenvalue weighted by Crippen LogP contribution is -2.33. The fourth-order valence-electron chi connectivity index (χ4n) is 2.38. The van der Waals surface area contributed by atoms with E-state index in [4.69, 9.17) is 4.74 Å². The van der Waals surface area contributed by atoms with Gasteiger partial charge in [0.15, 0.2) is 12.4 Å². The molecule has 0 unspecified atom stereocenters. The van der Waals surface area contributed by atoms with E-state index < -0.39 is 0 Å². The molecule has 1 atom stereocenters. The van der Waals surface area contributed by atoms with Gasteiger partial charge in [0.05, 0.1) is 16.7 Å². The monoisotopic (exact) mass is 346 g/mol. The molecule has 1 heterocycles. The van der Waals surface area contributed by atoms with Crippen LogP contribution in [-0.2, 0) is 4.79 Å². The number of Topliss-reactive ketones (excluding diaryl/α,β-unsaturated/α-hetero) is 1. The number of hydrogen-bond donors (Lipinski definition) is 0. The Hall–Kier alpha value is -2.21. The second-order valence-corrected chi connectivity index (χ2v) is 6.97. The zero-order chi connectivity index (χ0) is 17.9. The van der Waals surface area contributed by atoms with Crippen LogP contribution in [-0.4, -0.2) is 35.2 Å². The van der Waals surface area contributed by atoms with Gasteiger partial charge in [-0.3, -0.25) is 9.59 Å². The molecule has 2 aromatic rings. The summed E-state index contributed by atoms with van der Waals surface area (Å²) in [5, 5.41) is 0.993. The summed E-state index contributed by atoms with van der Waals surface area (Å²) in [5.74, 6) is 0.358. The Morgan fingerprint density at radius 2 is 2.04 bits per heavy atom. The van der Waals surface area contributed by atoms with Crippen molar-refractivity contribution < 1.29 is 14.3 Å². The van der Waals surface area contributed by atoms with Crippen molar-refractivity contribution in [3.63, 3.8) is 0 Å². The second kappa shape index (κ2) is 7.57. The van der Waals surface area contributed by atoms with Gasteiger partial charge >= 0.3 is 0 Å². The van der Waals surface area contributed by atoms with Crippen molar-refractivity contribution in [1.82, 2.24) is 9.88 Å². The molecule has 0 saturated carbocycles. The molecule has 0 fully saturated rings. The normalized spacial score (nSPS) is 11.9. The van der Waals surface area contributed by atoms with Crippen molar-refractivity contribution in [3.05, 3.63) is 45.4 Å². The van der Waals surface area contributed by atoms with Gasteiger partial charge in [-0.2, -0.15) is 0 Å². The first-order valence-corrected chi connectivity index (χ1v) is 8.54. The summed E-state index contributed by atoms with van der Waals surface area (Å²) in [6.45, 7) is 7.32. The zero-order valence-corrected chi connectivity index (χ0v) is 15.4. The van der Waals surface area contributed by atoms with Crippen molar-refractivity contribution in [1.29, 1.82) is 0 Å². The lowest BCUT2D eigenvalue weighted by molar-refractivity contribution is -0.133. The summed E-state index contributed by atoms with van der Waals surface area (Å²) in [6, 6.07) is 6.79. The van der Waals surface area contributed by atoms with E-state index in [0.717, 1.165) is 15.6 Å². The predicted octanol–water partition coefficient (Wildman–Crippen LogP) is 3.56. The van der Waals surface area contributed by atoms with Crippen LogP contribution in [0.2, 0.25) is 0 Å². The number of ketones is 1. The van der Waals surface area contributed by atoms with Gasteiger partial charge in [0.2, 0.25) is 0 Å². The molecule has 128 valence electrons. The summed E-state index contributed by atoms with van der Waals surface area (Å²) in [5.41, 5.74) is 1.53. The highest BCUT2D eigenvalue weighted by molar-refractivity contribution is 7.11. The van der Waals surface area contributed by atoms with Crippen LogP contribution in [0.25, 0.3) is 0 Å². The molecule has 1 aromatic heterocycles. The summed E-state index contributed by atoms with van der Waals surface area (Å²) >= 11 is 1.60. The molecule has 0 radical (unpaired) electrons. The van der Waals surface area contributed by atoms with Gasteiger partial charge in [0.25, 0.3) is 5.91 Å². The van der Waals surface area contributed by atoms with Crippen molar-refractivity contribution in [3.8, 4) is 5.75 Å². The van der Waals surface area contributed by atoms with Crippen LogP contribution in [0.15, 0.2) is 24.3 Å². The average molecular weight is 346 g/mol. The number of ether oxygens (including phenoxy) is 1. The predicted molar refractivity (Wildman–Crippen MR) is 94.7 cm³/mol. The third-order valence-corrected chi connectivity index (χ3v) is 5.14. The second-order valence-electron chi connectivity index (χ2n) is 5.74. The molecule has 2 rings (SSSR count). The van der Waals surface area contributed by atoms with Crippen molar-refractivity contribution >= 4 is 23.0 Å². The Morgan fingerprint density at radius 1 is 1.33 bits per heavy atom. The van der Waals surface area contributed by atoms with Gasteiger partial charge in [-0.15, -0.1) is 11.3 Å². The lowest BCUT2D eigenvalue weighted by Gasteiger charge is -2.24. The van der Waals surface area contributed by atoms with E-state index in [1.165, 1.54) is 6.92 Å². The van der Waals surface area contributed by atoms with Crippen LogP contribution in [0.3, 0.4) is 0 Å². The fraction of sp³-hybridized carbons (Fsp3) is 0.389. The van der Waals surface area contributed by atoms with Crippen molar-refractivity contribution in [2.24, 2.45) is 0 Å². The SMILES string of the molecule is CC(=O)c1cccc(OCC(=O)N(C)[C@@H](C)c2sc(C)nc2C)c1. The molecule has 0 aliphatic carbocycles. The highest BCUT2D eigenvalue weighted by Gasteiger charge is 2.21. The topological polar surface area (TPSA) is 59.5 Å². The maximum Gasteiger partial charge on any atom is 0.260 e.